The smallest absolute Gasteiger partial charge is 0.323 e. The van der Waals surface area contributed by atoms with Gasteiger partial charge in [-0.1, -0.05) is 18.2 Å². The van der Waals surface area contributed by atoms with Crippen LogP contribution in [0, 0.1) is 0 Å². The normalized spacial score (nSPS) is 13.1. The molecule has 0 radical (unpaired) electrons. The molecule has 0 amide bonds. The summed E-state index contributed by atoms with van der Waals surface area (Å²) in [6.07, 6.45) is -2.51. The van der Waals surface area contributed by atoms with E-state index in [9.17, 15) is 13.2 Å². The third-order valence-corrected chi connectivity index (χ3v) is 2.70. The Bertz CT molecular complexity index is 330. The van der Waals surface area contributed by atoms with E-state index in [4.69, 9.17) is 5.73 Å². The highest BCUT2D eigenvalue weighted by atomic mass is 35.5. The Kier molecular flexibility index (Phi) is 6.22. The predicted molar refractivity (Wildman–Crippen MR) is 64.0 cm³/mol. The summed E-state index contributed by atoms with van der Waals surface area (Å²) in [4.78, 5) is 0. The van der Waals surface area contributed by atoms with Crippen LogP contribution in [0.1, 0.15) is 17.2 Å². The number of nitrogens with two attached hydrogens (primary N) is 1. The second kappa shape index (κ2) is 6.37. The van der Waals surface area contributed by atoms with Gasteiger partial charge < -0.3 is 5.73 Å². The highest BCUT2D eigenvalue weighted by molar-refractivity contribution is 7.98. The molecule has 0 aromatic heterocycles. The van der Waals surface area contributed by atoms with E-state index >= 15 is 0 Å². The van der Waals surface area contributed by atoms with Crippen LogP contribution < -0.4 is 5.73 Å². The quantitative estimate of drug-likeness (QED) is 0.911. The first-order valence-corrected chi connectivity index (χ1v) is 5.77. The molecule has 16 heavy (non-hydrogen) atoms. The number of benzene rings is 1. The number of alkyl halides is 3. The first-order chi connectivity index (χ1) is 6.96. The summed E-state index contributed by atoms with van der Waals surface area (Å²) in [5.41, 5.74) is 5.22. The van der Waals surface area contributed by atoms with Gasteiger partial charge in [0.25, 0.3) is 0 Å². The van der Waals surface area contributed by atoms with Gasteiger partial charge in [-0.2, -0.15) is 24.9 Å². The second-order valence-corrected chi connectivity index (χ2v) is 4.06. The molecule has 0 saturated heterocycles. The van der Waals surface area contributed by atoms with Gasteiger partial charge in [-0.05, 0) is 17.9 Å². The first kappa shape index (κ1) is 15.6. The molecule has 0 saturated carbocycles. The minimum atomic E-state index is -4.33. The van der Waals surface area contributed by atoms with Crippen LogP contribution in [0.25, 0.3) is 0 Å². The van der Waals surface area contributed by atoms with Gasteiger partial charge in [0.15, 0.2) is 0 Å². The molecule has 1 nitrogen and oxygen atoms in total. The number of rotatable bonds is 3. The van der Waals surface area contributed by atoms with Crippen LogP contribution in [0.3, 0.4) is 0 Å². The summed E-state index contributed by atoms with van der Waals surface area (Å²) in [5.74, 6) is 0.479. The lowest BCUT2D eigenvalue weighted by atomic mass is 10.0. The van der Waals surface area contributed by atoms with E-state index in [-0.39, 0.29) is 18.0 Å². The lowest BCUT2D eigenvalue weighted by molar-refractivity contribution is -0.138. The molecule has 1 atom stereocenters. The SMILES string of the molecule is CSCC(N)c1ccccc1C(F)(F)F.Cl. The second-order valence-electron chi connectivity index (χ2n) is 3.15. The summed E-state index contributed by atoms with van der Waals surface area (Å²) in [6.45, 7) is 0. The van der Waals surface area contributed by atoms with E-state index < -0.39 is 17.8 Å². The van der Waals surface area contributed by atoms with E-state index in [2.05, 4.69) is 0 Å². The maximum atomic E-state index is 12.6. The Hall–Kier alpha value is -0.390. The summed E-state index contributed by atoms with van der Waals surface area (Å²) in [6, 6.07) is 4.88. The molecule has 1 rings (SSSR count). The molecule has 1 aromatic rings. The number of hydrogen-bond donors (Lipinski definition) is 1. The number of hydrogen-bond acceptors (Lipinski definition) is 2. The van der Waals surface area contributed by atoms with Crippen molar-refractivity contribution in [2.24, 2.45) is 5.73 Å². The largest absolute Gasteiger partial charge is 0.416 e. The van der Waals surface area contributed by atoms with Crippen molar-refractivity contribution < 1.29 is 13.2 Å². The fraction of sp³-hybridized carbons (Fsp3) is 0.400. The molecule has 2 N–H and O–H groups in total. The van der Waals surface area contributed by atoms with E-state index in [1.807, 2.05) is 6.26 Å². The van der Waals surface area contributed by atoms with E-state index in [0.29, 0.717) is 5.75 Å². The van der Waals surface area contributed by atoms with Crippen LogP contribution in [0.4, 0.5) is 13.2 Å². The van der Waals surface area contributed by atoms with Gasteiger partial charge in [0.2, 0.25) is 0 Å². The topological polar surface area (TPSA) is 26.0 Å². The van der Waals surface area contributed by atoms with Crippen molar-refractivity contribution in [1.82, 2.24) is 0 Å². The zero-order valence-corrected chi connectivity index (χ0v) is 10.3. The average molecular weight is 272 g/mol. The zero-order chi connectivity index (χ0) is 11.5. The van der Waals surface area contributed by atoms with Crippen molar-refractivity contribution in [2.45, 2.75) is 12.2 Å². The van der Waals surface area contributed by atoms with Gasteiger partial charge in [0, 0.05) is 11.8 Å². The maximum absolute atomic E-state index is 12.6. The Balaban J connectivity index is 0.00000225. The van der Waals surface area contributed by atoms with Crippen molar-refractivity contribution in [3.8, 4) is 0 Å². The average Bonchev–Trinajstić information content (AvgIpc) is 2.17. The molecule has 0 spiro atoms. The highest BCUT2D eigenvalue weighted by Crippen LogP contribution is 2.34. The van der Waals surface area contributed by atoms with Crippen molar-refractivity contribution in [2.75, 3.05) is 12.0 Å². The molecular formula is C10H13ClF3NS. The predicted octanol–water partition coefficient (Wildman–Crippen LogP) is 3.49. The molecule has 1 aromatic carbocycles. The zero-order valence-electron chi connectivity index (χ0n) is 8.62. The van der Waals surface area contributed by atoms with Gasteiger partial charge in [0.1, 0.15) is 0 Å². The molecule has 0 bridgehead atoms. The molecule has 0 fully saturated rings. The molecular weight excluding hydrogens is 259 g/mol. The van der Waals surface area contributed by atoms with Crippen molar-refractivity contribution >= 4 is 24.2 Å². The van der Waals surface area contributed by atoms with Crippen molar-refractivity contribution in [3.05, 3.63) is 35.4 Å². The summed E-state index contributed by atoms with van der Waals surface area (Å²) < 4.78 is 37.8. The Labute approximate surface area is 103 Å². The van der Waals surface area contributed by atoms with Crippen LogP contribution in [0.2, 0.25) is 0 Å². The summed E-state index contributed by atoms with van der Waals surface area (Å²) in [5, 5.41) is 0. The Morgan fingerprint density at radius 3 is 2.38 bits per heavy atom. The van der Waals surface area contributed by atoms with E-state index in [1.165, 1.54) is 23.9 Å². The monoisotopic (exact) mass is 271 g/mol. The summed E-state index contributed by atoms with van der Waals surface area (Å²) >= 11 is 1.43. The minimum absolute atomic E-state index is 0. The molecule has 1 unspecified atom stereocenters. The minimum Gasteiger partial charge on any atom is -0.323 e. The van der Waals surface area contributed by atoms with E-state index in [1.54, 1.807) is 6.07 Å². The Morgan fingerprint density at radius 2 is 1.88 bits per heavy atom. The van der Waals surface area contributed by atoms with E-state index in [0.717, 1.165) is 6.07 Å². The lowest BCUT2D eigenvalue weighted by Gasteiger charge is -2.17. The van der Waals surface area contributed by atoms with Crippen LogP contribution >= 0.6 is 24.2 Å². The number of halogens is 4. The third-order valence-electron chi connectivity index (χ3n) is 2.01. The van der Waals surface area contributed by atoms with Gasteiger partial charge in [-0.15, -0.1) is 12.4 Å². The molecule has 0 aliphatic rings. The van der Waals surface area contributed by atoms with Crippen LogP contribution in [0.15, 0.2) is 24.3 Å². The highest BCUT2D eigenvalue weighted by Gasteiger charge is 2.34. The van der Waals surface area contributed by atoms with Crippen molar-refractivity contribution in [1.29, 1.82) is 0 Å². The van der Waals surface area contributed by atoms with Crippen molar-refractivity contribution in [3.63, 3.8) is 0 Å². The van der Waals surface area contributed by atoms with Gasteiger partial charge in [-0.3, -0.25) is 0 Å². The fourth-order valence-corrected chi connectivity index (χ4v) is 1.89. The first-order valence-electron chi connectivity index (χ1n) is 4.37. The van der Waals surface area contributed by atoms with Crippen LogP contribution in [-0.2, 0) is 6.18 Å². The molecule has 0 aliphatic carbocycles. The van der Waals surface area contributed by atoms with Gasteiger partial charge in [0.05, 0.1) is 5.56 Å². The molecule has 6 heteroatoms. The van der Waals surface area contributed by atoms with Gasteiger partial charge >= 0.3 is 6.18 Å². The summed E-state index contributed by atoms with van der Waals surface area (Å²) in [7, 11) is 0. The number of thioether (sulfide) groups is 1. The van der Waals surface area contributed by atoms with Gasteiger partial charge in [-0.25, -0.2) is 0 Å². The molecule has 0 heterocycles. The third kappa shape index (κ3) is 3.88. The maximum Gasteiger partial charge on any atom is 0.416 e. The fourth-order valence-electron chi connectivity index (χ4n) is 1.35. The molecule has 0 aliphatic heterocycles. The Morgan fingerprint density at radius 1 is 1.31 bits per heavy atom. The standard InChI is InChI=1S/C10H12F3NS.ClH/c1-15-6-9(14)7-4-2-3-5-8(7)10(11,12)13;/h2-5,9H,6,14H2,1H3;1H. The molecule has 92 valence electrons. The lowest BCUT2D eigenvalue weighted by Crippen LogP contribution is -2.19. The van der Waals surface area contributed by atoms with Crippen LogP contribution in [-0.4, -0.2) is 12.0 Å². The van der Waals surface area contributed by atoms with Crippen LogP contribution in [0.5, 0.6) is 0 Å².